The fourth-order valence-corrected chi connectivity index (χ4v) is 2.99. The summed E-state index contributed by atoms with van der Waals surface area (Å²) in [6.07, 6.45) is 0.723. The first-order valence-electron chi connectivity index (χ1n) is 8.69. The lowest BCUT2D eigenvalue weighted by atomic mass is 9.88. The van der Waals surface area contributed by atoms with Gasteiger partial charge in [0, 0.05) is 11.3 Å². The molecule has 1 aromatic carbocycles. The largest absolute Gasteiger partial charge is 0.394 e. The van der Waals surface area contributed by atoms with Crippen LogP contribution >= 0.6 is 0 Å². The Kier molecular flexibility index (Phi) is 6.01. The van der Waals surface area contributed by atoms with Crippen molar-refractivity contribution in [1.29, 1.82) is 0 Å². The van der Waals surface area contributed by atoms with Crippen LogP contribution in [-0.2, 0) is 6.54 Å². The van der Waals surface area contributed by atoms with E-state index in [1.54, 1.807) is 6.07 Å². The van der Waals surface area contributed by atoms with Crippen LogP contribution in [0.3, 0.4) is 0 Å². The predicted octanol–water partition coefficient (Wildman–Crippen LogP) is 3.08. The average Bonchev–Trinajstić information content (AvgIpc) is 2.83. The van der Waals surface area contributed by atoms with Gasteiger partial charge in [-0.3, -0.25) is 9.48 Å². The first kappa shape index (κ1) is 19.2. The second-order valence-corrected chi connectivity index (χ2v) is 7.90. The Morgan fingerprint density at radius 2 is 2.00 bits per heavy atom. The quantitative estimate of drug-likeness (QED) is 0.847. The minimum atomic E-state index is -0.243. The molecule has 0 aliphatic carbocycles. The smallest absolute Gasteiger partial charge is 0.251 e. The van der Waals surface area contributed by atoms with E-state index in [4.69, 9.17) is 0 Å². The van der Waals surface area contributed by atoms with E-state index in [1.165, 1.54) is 0 Å². The van der Waals surface area contributed by atoms with E-state index in [1.807, 2.05) is 42.8 Å². The lowest BCUT2D eigenvalue weighted by Gasteiger charge is -2.25. The van der Waals surface area contributed by atoms with Gasteiger partial charge in [-0.2, -0.15) is 5.10 Å². The molecule has 1 atom stereocenters. The molecule has 5 heteroatoms. The number of aliphatic hydroxyl groups excluding tert-OH is 1. The summed E-state index contributed by atoms with van der Waals surface area (Å²) >= 11 is 0. The maximum atomic E-state index is 12.5. The first-order valence-corrected chi connectivity index (χ1v) is 8.69. The van der Waals surface area contributed by atoms with Gasteiger partial charge in [-0.1, -0.05) is 32.9 Å². The van der Waals surface area contributed by atoms with Crippen molar-refractivity contribution in [2.24, 2.45) is 5.41 Å². The predicted molar refractivity (Wildman–Crippen MR) is 99.7 cm³/mol. The zero-order valence-corrected chi connectivity index (χ0v) is 15.8. The van der Waals surface area contributed by atoms with E-state index >= 15 is 0 Å². The highest BCUT2D eigenvalue weighted by atomic mass is 16.3. The lowest BCUT2D eigenvalue weighted by molar-refractivity contribution is 0.0897. The van der Waals surface area contributed by atoms with Crippen LogP contribution in [0.5, 0.6) is 0 Å². The molecule has 0 aliphatic heterocycles. The van der Waals surface area contributed by atoms with Crippen LogP contribution in [0, 0.1) is 19.3 Å². The van der Waals surface area contributed by atoms with Gasteiger partial charge in [0.15, 0.2) is 0 Å². The molecule has 1 aromatic heterocycles. The van der Waals surface area contributed by atoms with Crippen LogP contribution < -0.4 is 5.32 Å². The Bertz CT molecular complexity index is 729. The molecule has 1 unspecified atom stereocenters. The number of hydrogen-bond acceptors (Lipinski definition) is 3. The molecule has 1 heterocycles. The van der Waals surface area contributed by atoms with E-state index < -0.39 is 0 Å². The third-order valence-corrected chi connectivity index (χ3v) is 4.04. The van der Waals surface area contributed by atoms with Gasteiger partial charge in [-0.05, 0) is 49.4 Å². The van der Waals surface area contributed by atoms with Crippen molar-refractivity contribution in [3.8, 4) is 0 Å². The summed E-state index contributed by atoms with van der Waals surface area (Å²) in [6, 6.07) is 9.35. The van der Waals surface area contributed by atoms with E-state index in [2.05, 4.69) is 31.2 Å². The van der Waals surface area contributed by atoms with E-state index in [9.17, 15) is 9.90 Å². The molecule has 0 fully saturated rings. The van der Waals surface area contributed by atoms with Gasteiger partial charge in [-0.15, -0.1) is 0 Å². The van der Waals surface area contributed by atoms with Gasteiger partial charge < -0.3 is 10.4 Å². The zero-order chi connectivity index (χ0) is 18.6. The molecule has 25 heavy (non-hydrogen) atoms. The van der Waals surface area contributed by atoms with Crippen LogP contribution in [0.2, 0.25) is 0 Å². The zero-order valence-electron chi connectivity index (χ0n) is 15.8. The number of nitrogens with zero attached hydrogens (tertiary/aromatic N) is 2. The Balaban J connectivity index is 2.09. The Labute approximate surface area is 150 Å². The van der Waals surface area contributed by atoms with Crippen LogP contribution in [-0.4, -0.2) is 33.4 Å². The summed E-state index contributed by atoms with van der Waals surface area (Å²) in [6.45, 7) is 10.8. The fourth-order valence-electron chi connectivity index (χ4n) is 2.99. The lowest BCUT2D eigenvalue weighted by Crippen LogP contribution is -2.40. The summed E-state index contributed by atoms with van der Waals surface area (Å²) in [5.74, 6) is -0.154. The number of aromatic nitrogens is 2. The van der Waals surface area contributed by atoms with Gasteiger partial charge in [0.1, 0.15) is 0 Å². The van der Waals surface area contributed by atoms with E-state index in [0.717, 1.165) is 23.4 Å². The van der Waals surface area contributed by atoms with Gasteiger partial charge in [0.05, 0.1) is 24.9 Å². The molecule has 0 saturated heterocycles. The molecular formula is C20H29N3O2. The van der Waals surface area contributed by atoms with Crippen LogP contribution in [0.4, 0.5) is 0 Å². The fraction of sp³-hybridized carbons (Fsp3) is 0.500. The molecule has 0 saturated carbocycles. The van der Waals surface area contributed by atoms with Crippen molar-refractivity contribution >= 4 is 5.91 Å². The van der Waals surface area contributed by atoms with Crippen molar-refractivity contribution in [3.63, 3.8) is 0 Å². The molecule has 5 nitrogen and oxygen atoms in total. The number of benzene rings is 1. The summed E-state index contributed by atoms with van der Waals surface area (Å²) in [4.78, 5) is 12.5. The average molecular weight is 343 g/mol. The Morgan fingerprint density at radius 3 is 2.56 bits per heavy atom. The topological polar surface area (TPSA) is 67.2 Å². The van der Waals surface area contributed by atoms with Crippen LogP contribution in [0.1, 0.15) is 54.5 Å². The molecule has 0 aliphatic rings. The first-order chi connectivity index (χ1) is 11.7. The molecule has 136 valence electrons. The third kappa shape index (κ3) is 5.71. The molecule has 0 spiro atoms. The number of carbonyl (C=O) groups is 1. The second kappa shape index (κ2) is 7.83. The monoisotopic (exact) mass is 343 g/mol. The summed E-state index contributed by atoms with van der Waals surface area (Å²) in [5, 5.41) is 16.9. The number of carbonyl (C=O) groups excluding carboxylic acids is 1. The van der Waals surface area contributed by atoms with Crippen molar-refractivity contribution in [2.75, 3.05) is 6.61 Å². The van der Waals surface area contributed by atoms with Crippen molar-refractivity contribution in [1.82, 2.24) is 15.1 Å². The molecule has 2 N–H and O–H groups in total. The van der Waals surface area contributed by atoms with Gasteiger partial charge in [0.25, 0.3) is 5.91 Å². The highest BCUT2D eigenvalue weighted by Gasteiger charge is 2.20. The highest BCUT2D eigenvalue weighted by molar-refractivity contribution is 5.94. The number of nitrogens with one attached hydrogen (secondary N) is 1. The normalized spacial score (nSPS) is 12.9. The van der Waals surface area contributed by atoms with E-state index in [0.29, 0.717) is 12.1 Å². The Morgan fingerprint density at radius 1 is 1.28 bits per heavy atom. The number of hydrogen-bond donors (Lipinski definition) is 2. The van der Waals surface area contributed by atoms with Gasteiger partial charge in [0.2, 0.25) is 0 Å². The number of aliphatic hydroxyl groups is 1. The highest BCUT2D eigenvalue weighted by Crippen LogP contribution is 2.21. The number of amides is 1. The van der Waals surface area contributed by atoms with Gasteiger partial charge in [-0.25, -0.2) is 0 Å². The summed E-state index contributed by atoms with van der Waals surface area (Å²) in [5.41, 5.74) is 3.75. The standard InChI is InChI=1S/C20H29N3O2/c1-14-9-15(2)23(22-14)12-16-7-6-8-17(10-16)19(25)21-18(13-24)11-20(3,4)5/h6-10,18,24H,11-13H2,1-5H3,(H,21,25). The number of aryl methyl sites for hydroxylation is 2. The Hall–Kier alpha value is -2.14. The molecule has 0 bridgehead atoms. The second-order valence-electron chi connectivity index (χ2n) is 7.90. The summed E-state index contributed by atoms with van der Waals surface area (Å²) in [7, 11) is 0. The molecule has 2 rings (SSSR count). The minimum Gasteiger partial charge on any atom is -0.394 e. The summed E-state index contributed by atoms with van der Waals surface area (Å²) < 4.78 is 1.93. The molecule has 0 radical (unpaired) electrons. The minimum absolute atomic E-state index is 0.0397. The maximum absolute atomic E-state index is 12.5. The van der Waals surface area contributed by atoms with Crippen molar-refractivity contribution in [3.05, 3.63) is 52.8 Å². The molecule has 1 amide bonds. The third-order valence-electron chi connectivity index (χ3n) is 4.04. The SMILES string of the molecule is Cc1cc(C)n(Cc2cccc(C(=O)NC(CO)CC(C)(C)C)c2)n1. The van der Waals surface area contributed by atoms with Crippen LogP contribution in [0.25, 0.3) is 0 Å². The van der Waals surface area contributed by atoms with Crippen molar-refractivity contribution < 1.29 is 9.90 Å². The number of rotatable bonds is 6. The van der Waals surface area contributed by atoms with Crippen LogP contribution in [0.15, 0.2) is 30.3 Å². The molecular weight excluding hydrogens is 314 g/mol. The molecule has 2 aromatic rings. The van der Waals surface area contributed by atoms with Gasteiger partial charge >= 0.3 is 0 Å². The van der Waals surface area contributed by atoms with Crippen molar-refractivity contribution in [2.45, 2.75) is 53.6 Å². The van der Waals surface area contributed by atoms with E-state index in [-0.39, 0.29) is 24.0 Å². The maximum Gasteiger partial charge on any atom is 0.251 e.